The van der Waals surface area contributed by atoms with E-state index in [0.29, 0.717) is 28.5 Å². The van der Waals surface area contributed by atoms with Gasteiger partial charge in [-0.05, 0) is 12.0 Å². The van der Waals surface area contributed by atoms with Crippen LogP contribution in [0.4, 0.5) is 0 Å². The van der Waals surface area contributed by atoms with Crippen molar-refractivity contribution in [2.45, 2.75) is 25.1 Å². The number of aryl methyl sites for hydroxylation is 1. The molecule has 5 N–H and O–H groups in total. The van der Waals surface area contributed by atoms with Gasteiger partial charge in [0.1, 0.15) is 28.3 Å². The van der Waals surface area contributed by atoms with Crippen molar-refractivity contribution >= 4 is 17.0 Å². The van der Waals surface area contributed by atoms with Gasteiger partial charge in [-0.2, -0.15) is 11.1 Å². The second kappa shape index (κ2) is 8.00. The lowest BCUT2D eigenvalue weighted by atomic mass is 9.89. The number of pyridine rings is 1. The maximum Gasteiger partial charge on any atom is 0.185 e. The van der Waals surface area contributed by atoms with Gasteiger partial charge >= 0.3 is 0 Å². The Bertz CT molecular complexity index is 1190. The Morgan fingerprint density at radius 1 is 1.23 bits per heavy atom. The fourth-order valence-corrected chi connectivity index (χ4v) is 4.76. The predicted molar refractivity (Wildman–Crippen MR) is 117 cm³/mol. The number of thiazole rings is 1. The number of methoxy groups -OCH3 is 1. The Morgan fingerprint density at radius 2 is 2.00 bits per heavy atom. The number of aromatic nitrogens is 3. The first-order chi connectivity index (χ1) is 15.2. The zero-order valence-electron chi connectivity index (χ0n) is 17.1. The van der Waals surface area contributed by atoms with E-state index < -0.39 is 5.60 Å². The van der Waals surface area contributed by atoms with Crippen LogP contribution in [0.25, 0.3) is 5.65 Å². The minimum atomic E-state index is -1.47. The van der Waals surface area contributed by atoms with Gasteiger partial charge in [-0.1, -0.05) is 37.3 Å². The van der Waals surface area contributed by atoms with Crippen molar-refractivity contribution in [3.05, 3.63) is 81.7 Å². The topological polar surface area (TPSA) is 108 Å². The highest BCUT2D eigenvalue weighted by molar-refractivity contribution is 7.09. The number of hydrogen-bond acceptors (Lipinski definition) is 9. The van der Waals surface area contributed by atoms with Crippen molar-refractivity contribution < 1.29 is 9.84 Å². The second-order valence-electron chi connectivity index (χ2n) is 7.17. The average Bonchev–Trinajstić information content (AvgIpc) is 3.58. The van der Waals surface area contributed by atoms with Crippen LogP contribution < -0.4 is 26.7 Å². The molecule has 0 bridgehead atoms. The van der Waals surface area contributed by atoms with E-state index in [-0.39, 0.29) is 6.17 Å². The van der Waals surface area contributed by atoms with Crippen LogP contribution in [-0.2, 0) is 12.0 Å². The first-order valence-electron chi connectivity index (χ1n) is 9.95. The summed E-state index contributed by atoms with van der Waals surface area (Å²) in [6.07, 6.45) is 4.15. The molecule has 5 rings (SSSR count). The van der Waals surface area contributed by atoms with Crippen LogP contribution in [0.15, 0.2) is 54.2 Å². The molecule has 1 aromatic carbocycles. The van der Waals surface area contributed by atoms with E-state index in [0.717, 1.165) is 16.8 Å². The van der Waals surface area contributed by atoms with Gasteiger partial charge in [-0.15, -0.1) is 11.3 Å². The number of ether oxygens (including phenoxy) is 1. The minimum absolute atomic E-state index is 0.207. The van der Waals surface area contributed by atoms with Crippen molar-refractivity contribution in [3.8, 4) is 5.75 Å². The second-order valence-corrected chi connectivity index (χ2v) is 8.07. The number of hydrazine groups is 3. The Hall–Kier alpha value is -2.86. The van der Waals surface area contributed by atoms with Crippen LogP contribution >= 0.6 is 11.3 Å². The Labute approximate surface area is 183 Å². The van der Waals surface area contributed by atoms with Crippen LogP contribution in [0.2, 0.25) is 0 Å². The summed E-state index contributed by atoms with van der Waals surface area (Å²) < 4.78 is 7.64. The molecule has 1 unspecified atom stereocenters. The third-order valence-electron chi connectivity index (χ3n) is 5.49. The quantitative estimate of drug-likeness (QED) is 0.311. The largest absolute Gasteiger partial charge is 0.496 e. The van der Waals surface area contributed by atoms with Crippen molar-refractivity contribution in [1.29, 1.82) is 0 Å². The number of nitrogens with zero attached hydrogens (tertiary/aromatic N) is 3. The van der Waals surface area contributed by atoms with Crippen LogP contribution in [-0.4, -0.2) is 26.6 Å². The molecule has 0 saturated carbocycles. The van der Waals surface area contributed by atoms with E-state index in [1.54, 1.807) is 13.3 Å². The molecule has 1 aliphatic heterocycles. The minimum Gasteiger partial charge on any atom is -0.496 e. The van der Waals surface area contributed by atoms with E-state index in [9.17, 15) is 5.11 Å². The van der Waals surface area contributed by atoms with Crippen molar-refractivity contribution in [1.82, 2.24) is 36.3 Å². The zero-order valence-corrected chi connectivity index (χ0v) is 17.9. The van der Waals surface area contributed by atoms with Crippen LogP contribution in [0.5, 0.6) is 5.75 Å². The maximum atomic E-state index is 12.1. The molecule has 3 aromatic heterocycles. The molecular formula is C21H23N7O2S. The average molecular weight is 438 g/mol. The van der Waals surface area contributed by atoms with Gasteiger partial charge in [0.2, 0.25) is 0 Å². The Kier molecular flexibility index (Phi) is 5.18. The summed E-state index contributed by atoms with van der Waals surface area (Å²) in [4.78, 5) is 9.35. The third-order valence-corrected chi connectivity index (χ3v) is 6.37. The van der Waals surface area contributed by atoms with Gasteiger partial charge in [0, 0.05) is 35.1 Å². The fraction of sp³-hybridized carbons (Fsp3) is 0.238. The first-order valence-corrected chi connectivity index (χ1v) is 10.8. The van der Waals surface area contributed by atoms with Crippen molar-refractivity contribution in [2.24, 2.45) is 0 Å². The summed E-state index contributed by atoms with van der Waals surface area (Å²) >= 11 is 1.41. The molecule has 0 amide bonds. The summed E-state index contributed by atoms with van der Waals surface area (Å²) in [6.45, 7) is 2.05. The molecular weight excluding hydrogens is 414 g/mol. The number of nitrogens with one attached hydrogen (secondary N) is 4. The van der Waals surface area contributed by atoms with Gasteiger partial charge in [0.15, 0.2) is 5.60 Å². The van der Waals surface area contributed by atoms with E-state index >= 15 is 0 Å². The summed E-state index contributed by atoms with van der Waals surface area (Å²) in [6, 6.07) is 11.4. The lowest BCUT2D eigenvalue weighted by Gasteiger charge is -2.26. The summed E-state index contributed by atoms with van der Waals surface area (Å²) in [5.41, 5.74) is 14.2. The standard InChI is InChI=1S/C21H23N7O2S/c1-3-15-18(21(29,20-22-9-10-31-20)13-7-5-4-6-8-13)23-17-11-16(30-2)14(12-28(15)17)19-24-26-27-25-19/h4-12,19,24-27,29H,3H2,1-2H3. The number of rotatable bonds is 6. The summed E-state index contributed by atoms with van der Waals surface area (Å²) in [5.74, 6) is 0.680. The Morgan fingerprint density at radius 3 is 2.65 bits per heavy atom. The molecule has 4 aromatic rings. The molecule has 1 saturated heterocycles. The predicted octanol–water partition coefficient (Wildman–Crippen LogP) is 1.76. The number of aliphatic hydroxyl groups is 1. The molecule has 10 heteroatoms. The molecule has 0 radical (unpaired) electrons. The molecule has 31 heavy (non-hydrogen) atoms. The van der Waals surface area contributed by atoms with E-state index in [4.69, 9.17) is 9.72 Å². The first kappa shape index (κ1) is 20.1. The van der Waals surface area contributed by atoms with Crippen molar-refractivity contribution in [3.63, 3.8) is 0 Å². The molecule has 1 atom stereocenters. The SMILES string of the molecule is CCc1c(C(O)(c2ccccc2)c2nccs2)nc2cc(OC)c(C3NNNN3)cn12. The van der Waals surface area contributed by atoms with E-state index in [2.05, 4.69) is 33.8 Å². The van der Waals surface area contributed by atoms with E-state index in [1.165, 1.54) is 11.3 Å². The molecule has 9 nitrogen and oxygen atoms in total. The summed E-state index contributed by atoms with van der Waals surface area (Å²) in [7, 11) is 1.63. The zero-order chi connectivity index (χ0) is 21.4. The Balaban J connectivity index is 1.77. The van der Waals surface area contributed by atoms with Gasteiger partial charge < -0.3 is 14.2 Å². The van der Waals surface area contributed by atoms with Crippen LogP contribution in [0, 0.1) is 0 Å². The number of benzene rings is 1. The van der Waals surface area contributed by atoms with Crippen LogP contribution in [0.3, 0.4) is 0 Å². The van der Waals surface area contributed by atoms with Gasteiger partial charge in [0.25, 0.3) is 0 Å². The number of fused-ring (bicyclic) bond motifs is 1. The highest BCUT2D eigenvalue weighted by atomic mass is 32.1. The van der Waals surface area contributed by atoms with Gasteiger partial charge in [0.05, 0.1) is 7.11 Å². The molecule has 0 spiro atoms. The normalized spacial score (nSPS) is 16.6. The van der Waals surface area contributed by atoms with Gasteiger partial charge in [-0.3, -0.25) is 0 Å². The lowest BCUT2D eigenvalue weighted by molar-refractivity contribution is 0.120. The fourth-order valence-electron chi connectivity index (χ4n) is 4.01. The lowest BCUT2D eigenvalue weighted by Crippen LogP contribution is -2.33. The van der Waals surface area contributed by atoms with Crippen molar-refractivity contribution in [2.75, 3.05) is 7.11 Å². The summed E-state index contributed by atoms with van der Waals surface area (Å²) in [5, 5.41) is 14.6. The van der Waals surface area contributed by atoms with Gasteiger partial charge in [-0.25, -0.2) is 20.8 Å². The molecule has 4 heterocycles. The monoisotopic (exact) mass is 437 g/mol. The highest BCUT2D eigenvalue weighted by Crippen LogP contribution is 2.40. The molecule has 160 valence electrons. The smallest absolute Gasteiger partial charge is 0.185 e. The highest BCUT2D eigenvalue weighted by Gasteiger charge is 2.41. The molecule has 1 aliphatic rings. The third kappa shape index (κ3) is 3.21. The number of hydrogen-bond donors (Lipinski definition) is 5. The molecule has 1 fully saturated rings. The number of imidazole rings is 1. The van der Waals surface area contributed by atoms with E-state index in [1.807, 2.05) is 52.4 Å². The maximum absolute atomic E-state index is 12.1. The van der Waals surface area contributed by atoms with Crippen LogP contribution in [0.1, 0.15) is 40.6 Å². The molecule has 0 aliphatic carbocycles.